The van der Waals surface area contributed by atoms with Crippen LogP contribution in [0.15, 0.2) is 47.1 Å². The van der Waals surface area contributed by atoms with Gasteiger partial charge in [0.2, 0.25) is 5.91 Å². The summed E-state index contributed by atoms with van der Waals surface area (Å²) in [5, 5.41) is 2.88. The zero-order valence-corrected chi connectivity index (χ0v) is 14.3. The number of hydrogen-bond donors (Lipinski definition) is 1. The third-order valence-corrected chi connectivity index (χ3v) is 4.45. The lowest BCUT2D eigenvalue weighted by Gasteiger charge is -2.27. The summed E-state index contributed by atoms with van der Waals surface area (Å²) in [5.74, 6) is 0.856. The maximum atomic E-state index is 12.1. The Hall–Kier alpha value is -1.92. The number of benzene rings is 1. The van der Waals surface area contributed by atoms with Gasteiger partial charge in [-0.1, -0.05) is 34.1 Å². The molecule has 120 valence electrons. The number of pyridine rings is 1. The Bertz CT molecular complexity index is 670. The average Bonchev–Trinajstić information content (AvgIpc) is 2.58. The highest BCUT2D eigenvalue weighted by molar-refractivity contribution is 9.10. The van der Waals surface area contributed by atoms with Crippen LogP contribution in [0, 0.1) is 0 Å². The smallest absolute Gasteiger partial charge is 0.228 e. The molecule has 0 radical (unpaired) electrons. The number of morpholine rings is 1. The molecule has 0 saturated carbocycles. The quantitative estimate of drug-likeness (QED) is 0.892. The Morgan fingerprint density at radius 1 is 1.22 bits per heavy atom. The first-order valence-corrected chi connectivity index (χ1v) is 8.34. The molecular formula is C17H18BrN3O2. The molecule has 0 aliphatic carbocycles. The van der Waals surface area contributed by atoms with Gasteiger partial charge in [-0.3, -0.25) is 4.79 Å². The Kier molecular flexibility index (Phi) is 5.25. The van der Waals surface area contributed by atoms with E-state index in [4.69, 9.17) is 4.74 Å². The lowest BCUT2D eigenvalue weighted by atomic mass is 10.1. The maximum absolute atomic E-state index is 12.1. The molecule has 0 atom stereocenters. The molecule has 0 spiro atoms. The first kappa shape index (κ1) is 16.0. The summed E-state index contributed by atoms with van der Waals surface area (Å²) >= 11 is 3.46. The summed E-state index contributed by atoms with van der Waals surface area (Å²) in [4.78, 5) is 18.7. The molecule has 6 heteroatoms. The van der Waals surface area contributed by atoms with Gasteiger partial charge in [-0.15, -0.1) is 0 Å². The van der Waals surface area contributed by atoms with E-state index in [2.05, 4.69) is 31.1 Å². The van der Waals surface area contributed by atoms with Gasteiger partial charge in [0.1, 0.15) is 5.82 Å². The minimum Gasteiger partial charge on any atom is -0.378 e. The van der Waals surface area contributed by atoms with Crippen molar-refractivity contribution in [2.75, 3.05) is 36.5 Å². The molecule has 1 aliphatic rings. The molecule has 1 N–H and O–H groups in total. The number of nitrogens with zero attached hydrogens (tertiary/aromatic N) is 2. The summed E-state index contributed by atoms with van der Waals surface area (Å²) in [5.41, 5.74) is 1.67. The number of halogens is 1. The van der Waals surface area contributed by atoms with Crippen LogP contribution in [0.25, 0.3) is 0 Å². The van der Waals surface area contributed by atoms with E-state index in [9.17, 15) is 4.79 Å². The molecule has 1 aromatic carbocycles. The van der Waals surface area contributed by atoms with Crippen LogP contribution in [0.1, 0.15) is 5.56 Å². The number of aromatic nitrogens is 1. The van der Waals surface area contributed by atoms with Gasteiger partial charge in [0.25, 0.3) is 0 Å². The number of ether oxygens (including phenoxy) is 1. The van der Waals surface area contributed by atoms with Gasteiger partial charge in [-0.2, -0.15) is 0 Å². The highest BCUT2D eigenvalue weighted by atomic mass is 79.9. The van der Waals surface area contributed by atoms with Crippen molar-refractivity contribution in [2.45, 2.75) is 6.42 Å². The molecule has 3 rings (SSSR count). The van der Waals surface area contributed by atoms with Crippen LogP contribution in [0.5, 0.6) is 0 Å². The van der Waals surface area contributed by atoms with Crippen molar-refractivity contribution < 1.29 is 9.53 Å². The Morgan fingerprint density at radius 2 is 2.00 bits per heavy atom. The molecule has 23 heavy (non-hydrogen) atoms. The molecular weight excluding hydrogens is 358 g/mol. The fraction of sp³-hybridized carbons (Fsp3) is 0.294. The van der Waals surface area contributed by atoms with Gasteiger partial charge in [0, 0.05) is 17.6 Å². The first-order chi connectivity index (χ1) is 11.2. The monoisotopic (exact) mass is 375 g/mol. The number of carbonyl (C=O) groups is 1. The maximum Gasteiger partial charge on any atom is 0.228 e. The number of amides is 1. The molecule has 1 fully saturated rings. The molecule has 1 saturated heterocycles. The number of hydrogen-bond acceptors (Lipinski definition) is 4. The number of nitrogens with one attached hydrogen (secondary N) is 1. The molecule has 5 nitrogen and oxygen atoms in total. The van der Waals surface area contributed by atoms with E-state index in [0.717, 1.165) is 42.2 Å². The fourth-order valence-corrected chi connectivity index (χ4v) is 2.88. The van der Waals surface area contributed by atoms with E-state index >= 15 is 0 Å². The molecule has 1 amide bonds. The van der Waals surface area contributed by atoms with Crippen LogP contribution in [-0.2, 0) is 16.0 Å². The molecule has 0 bridgehead atoms. The summed E-state index contributed by atoms with van der Waals surface area (Å²) in [6.07, 6.45) is 2.02. The molecule has 0 unspecified atom stereocenters. The van der Waals surface area contributed by atoms with Crippen molar-refractivity contribution in [3.63, 3.8) is 0 Å². The second kappa shape index (κ2) is 7.57. The Labute approximate surface area is 143 Å². The summed E-state index contributed by atoms with van der Waals surface area (Å²) < 4.78 is 6.27. The minimum absolute atomic E-state index is 0.0576. The van der Waals surface area contributed by atoms with E-state index in [1.54, 1.807) is 6.20 Å². The van der Waals surface area contributed by atoms with E-state index in [-0.39, 0.29) is 5.91 Å². The lowest BCUT2D eigenvalue weighted by Crippen LogP contribution is -2.36. The van der Waals surface area contributed by atoms with E-state index in [1.807, 2.05) is 36.4 Å². The van der Waals surface area contributed by atoms with Gasteiger partial charge < -0.3 is 15.0 Å². The topological polar surface area (TPSA) is 54.5 Å². The van der Waals surface area contributed by atoms with E-state index < -0.39 is 0 Å². The number of carbonyl (C=O) groups excluding carboxylic acids is 1. The van der Waals surface area contributed by atoms with Gasteiger partial charge in [-0.05, 0) is 23.8 Å². The van der Waals surface area contributed by atoms with Gasteiger partial charge in [0.05, 0.1) is 31.5 Å². The van der Waals surface area contributed by atoms with Crippen molar-refractivity contribution in [3.05, 3.63) is 52.6 Å². The first-order valence-electron chi connectivity index (χ1n) is 7.54. The third-order valence-electron chi connectivity index (χ3n) is 3.68. The van der Waals surface area contributed by atoms with Crippen LogP contribution in [0.4, 0.5) is 11.5 Å². The third kappa shape index (κ3) is 4.30. The van der Waals surface area contributed by atoms with E-state index in [1.165, 1.54) is 0 Å². The van der Waals surface area contributed by atoms with Crippen molar-refractivity contribution in [1.29, 1.82) is 0 Å². The highest BCUT2D eigenvalue weighted by Gasteiger charge is 2.12. The van der Waals surface area contributed by atoms with Gasteiger partial charge in [0.15, 0.2) is 0 Å². The summed E-state index contributed by atoms with van der Waals surface area (Å²) in [6, 6.07) is 11.5. The van der Waals surface area contributed by atoms with Crippen LogP contribution >= 0.6 is 15.9 Å². The normalized spacial score (nSPS) is 14.6. The van der Waals surface area contributed by atoms with Crippen molar-refractivity contribution in [3.8, 4) is 0 Å². The van der Waals surface area contributed by atoms with Gasteiger partial charge >= 0.3 is 0 Å². The standard InChI is InChI=1S/C17H18BrN3O2/c18-15-4-2-1-3-13(15)11-17(22)20-14-5-6-16(19-12-14)21-7-9-23-10-8-21/h1-6,12H,7-11H2,(H,20,22). The lowest BCUT2D eigenvalue weighted by molar-refractivity contribution is -0.115. The summed E-state index contributed by atoms with van der Waals surface area (Å²) in [6.45, 7) is 3.15. The predicted octanol–water partition coefficient (Wildman–Crippen LogP) is 2.86. The van der Waals surface area contributed by atoms with Crippen LogP contribution in [0.3, 0.4) is 0 Å². The second-order valence-corrected chi connectivity index (χ2v) is 6.18. The van der Waals surface area contributed by atoms with Crippen molar-refractivity contribution >= 4 is 33.3 Å². The molecule has 1 aliphatic heterocycles. The zero-order valence-electron chi connectivity index (χ0n) is 12.7. The number of anilines is 2. The largest absolute Gasteiger partial charge is 0.378 e. The molecule has 2 aromatic rings. The van der Waals surface area contributed by atoms with Crippen molar-refractivity contribution in [1.82, 2.24) is 4.98 Å². The SMILES string of the molecule is O=C(Cc1ccccc1Br)Nc1ccc(N2CCOCC2)nc1. The minimum atomic E-state index is -0.0576. The van der Waals surface area contributed by atoms with Crippen molar-refractivity contribution in [2.24, 2.45) is 0 Å². The average molecular weight is 376 g/mol. The Balaban J connectivity index is 1.59. The molecule has 1 aromatic heterocycles. The Morgan fingerprint density at radius 3 is 2.70 bits per heavy atom. The predicted molar refractivity (Wildman–Crippen MR) is 93.7 cm³/mol. The van der Waals surface area contributed by atoms with Crippen LogP contribution < -0.4 is 10.2 Å². The second-order valence-electron chi connectivity index (χ2n) is 5.32. The fourth-order valence-electron chi connectivity index (χ4n) is 2.46. The van der Waals surface area contributed by atoms with Crippen LogP contribution in [0.2, 0.25) is 0 Å². The van der Waals surface area contributed by atoms with Crippen LogP contribution in [-0.4, -0.2) is 37.2 Å². The highest BCUT2D eigenvalue weighted by Crippen LogP contribution is 2.18. The van der Waals surface area contributed by atoms with Gasteiger partial charge in [-0.25, -0.2) is 4.98 Å². The molecule has 2 heterocycles. The van der Waals surface area contributed by atoms with E-state index in [0.29, 0.717) is 12.1 Å². The zero-order chi connectivity index (χ0) is 16.1. The summed E-state index contributed by atoms with van der Waals surface area (Å²) in [7, 11) is 0. The number of rotatable bonds is 4.